The van der Waals surface area contributed by atoms with E-state index in [4.69, 9.17) is 4.74 Å². The molecule has 1 unspecified atom stereocenters. The van der Waals surface area contributed by atoms with Gasteiger partial charge in [0.05, 0.1) is 5.25 Å². The number of nitrogens with zero attached hydrogens (tertiary/aromatic N) is 1. The smallest absolute Gasteiger partial charge is 0.235 e. The van der Waals surface area contributed by atoms with Crippen LogP contribution in [0.1, 0.15) is 19.8 Å². The Hall–Kier alpha value is -1.60. The van der Waals surface area contributed by atoms with Gasteiger partial charge in [0.15, 0.2) is 11.6 Å². The van der Waals surface area contributed by atoms with E-state index in [1.54, 1.807) is 0 Å². The molecule has 3 nitrogen and oxygen atoms in total. The third-order valence-corrected chi connectivity index (χ3v) is 6.04. The van der Waals surface area contributed by atoms with Gasteiger partial charge >= 0.3 is 0 Å². The number of hydrogen-bond acceptors (Lipinski definition) is 3. The molecule has 1 heterocycles. The molecule has 3 rings (SSSR count). The van der Waals surface area contributed by atoms with Crippen LogP contribution in [-0.4, -0.2) is 35.3 Å². The monoisotopic (exact) mass is 455 g/mol. The van der Waals surface area contributed by atoms with Gasteiger partial charge in [-0.1, -0.05) is 15.9 Å². The summed E-state index contributed by atoms with van der Waals surface area (Å²) in [5.74, 6) is -1.18. The van der Waals surface area contributed by atoms with Crippen LogP contribution in [0.15, 0.2) is 51.8 Å². The fourth-order valence-electron chi connectivity index (χ4n) is 2.97. The van der Waals surface area contributed by atoms with Crippen molar-refractivity contribution in [2.24, 2.45) is 0 Å². The minimum absolute atomic E-state index is 0.0559. The van der Waals surface area contributed by atoms with Gasteiger partial charge in [-0.25, -0.2) is 8.78 Å². The Morgan fingerprint density at radius 3 is 2.48 bits per heavy atom. The number of halogens is 3. The fourth-order valence-corrected chi connectivity index (χ4v) is 4.18. The van der Waals surface area contributed by atoms with Crippen LogP contribution in [0.3, 0.4) is 0 Å². The Morgan fingerprint density at radius 1 is 1.19 bits per heavy atom. The number of benzene rings is 2. The second-order valence-corrected chi connectivity index (χ2v) is 8.76. The maximum atomic E-state index is 13.7. The molecule has 0 bridgehead atoms. The molecule has 0 N–H and O–H groups in total. The number of thioether (sulfide) groups is 1. The summed E-state index contributed by atoms with van der Waals surface area (Å²) in [6.07, 6.45) is 1.07. The molecule has 2 aromatic carbocycles. The molecule has 144 valence electrons. The molecule has 0 aromatic heterocycles. The summed E-state index contributed by atoms with van der Waals surface area (Å²) >= 11 is 4.93. The van der Waals surface area contributed by atoms with Gasteiger partial charge in [-0.05, 0) is 43.3 Å². The average Bonchev–Trinajstić information content (AvgIpc) is 2.66. The second-order valence-electron chi connectivity index (χ2n) is 6.43. The molecule has 2 aromatic rings. The Labute approximate surface area is 170 Å². The molecule has 1 saturated heterocycles. The van der Waals surface area contributed by atoms with Gasteiger partial charge in [-0.2, -0.15) is 0 Å². The molecule has 1 fully saturated rings. The lowest BCUT2D eigenvalue weighted by molar-refractivity contribution is -0.132. The molecule has 0 aliphatic carbocycles. The van der Waals surface area contributed by atoms with Crippen LogP contribution in [0.25, 0.3) is 0 Å². The van der Waals surface area contributed by atoms with Crippen molar-refractivity contribution in [3.05, 3.63) is 58.6 Å². The number of ether oxygens (including phenoxy) is 1. The van der Waals surface area contributed by atoms with E-state index in [0.29, 0.717) is 25.9 Å². The summed E-state index contributed by atoms with van der Waals surface area (Å²) in [6, 6.07) is 11.2. The highest BCUT2D eigenvalue weighted by Crippen LogP contribution is 2.28. The number of carbonyl (C=O) groups is 1. The van der Waals surface area contributed by atoms with Crippen molar-refractivity contribution in [2.45, 2.75) is 36.0 Å². The lowest BCUT2D eigenvalue weighted by Gasteiger charge is -2.33. The van der Waals surface area contributed by atoms with Crippen molar-refractivity contribution in [2.75, 3.05) is 13.1 Å². The van der Waals surface area contributed by atoms with Crippen molar-refractivity contribution in [1.82, 2.24) is 4.90 Å². The lowest BCUT2D eigenvalue weighted by Crippen LogP contribution is -2.44. The van der Waals surface area contributed by atoms with Gasteiger partial charge in [0, 0.05) is 41.4 Å². The normalized spacial score (nSPS) is 16.2. The number of rotatable bonds is 5. The molecule has 1 atom stereocenters. The van der Waals surface area contributed by atoms with E-state index >= 15 is 0 Å². The molecule has 27 heavy (non-hydrogen) atoms. The van der Waals surface area contributed by atoms with Crippen LogP contribution in [0.2, 0.25) is 0 Å². The van der Waals surface area contributed by atoms with E-state index in [-0.39, 0.29) is 23.0 Å². The van der Waals surface area contributed by atoms with Crippen molar-refractivity contribution in [3.8, 4) is 5.75 Å². The van der Waals surface area contributed by atoms with E-state index in [0.717, 1.165) is 15.4 Å². The third kappa shape index (κ3) is 5.45. The highest BCUT2D eigenvalue weighted by atomic mass is 79.9. The standard InChI is InChI=1S/C20H20BrF2NO2S/c1-13(27-17-5-2-14(21)3-6-17)20(25)24-10-8-16(9-11-24)26-19-7-4-15(22)12-18(19)23/h2-7,12-13,16H,8-11H2,1H3. The molecule has 1 amide bonds. The van der Waals surface area contributed by atoms with Gasteiger partial charge in [0.25, 0.3) is 0 Å². The van der Waals surface area contributed by atoms with E-state index in [2.05, 4.69) is 15.9 Å². The van der Waals surface area contributed by atoms with E-state index in [1.165, 1.54) is 23.9 Å². The number of likely N-dealkylation sites (tertiary alicyclic amines) is 1. The summed E-state index contributed by atoms with van der Waals surface area (Å²) in [4.78, 5) is 15.6. The molecule has 7 heteroatoms. The Kier molecular flexibility index (Phi) is 6.76. The van der Waals surface area contributed by atoms with Crippen LogP contribution >= 0.6 is 27.7 Å². The number of carbonyl (C=O) groups excluding carboxylic acids is 1. The van der Waals surface area contributed by atoms with Gasteiger partial charge < -0.3 is 9.64 Å². The van der Waals surface area contributed by atoms with Crippen LogP contribution in [-0.2, 0) is 4.79 Å². The first-order valence-electron chi connectivity index (χ1n) is 8.75. The van der Waals surface area contributed by atoms with Crippen molar-refractivity contribution in [3.63, 3.8) is 0 Å². The van der Waals surface area contributed by atoms with Crippen molar-refractivity contribution >= 4 is 33.6 Å². The van der Waals surface area contributed by atoms with Crippen LogP contribution < -0.4 is 4.74 Å². The summed E-state index contributed by atoms with van der Waals surface area (Å²) in [5, 5.41) is -0.182. The average molecular weight is 456 g/mol. The third-order valence-electron chi connectivity index (χ3n) is 4.42. The SMILES string of the molecule is CC(Sc1ccc(Br)cc1)C(=O)N1CCC(Oc2ccc(F)cc2F)CC1. The van der Waals surface area contributed by atoms with Gasteiger partial charge in [-0.15, -0.1) is 11.8 Å². The minimum atomic E-state index is -0.701. The summed E-state index contributed by atoms with van der Waals surface area (Å²) < 4.78 is 33.3. The lowest BCUT2D eigenvalue weighted by atomic mass is 10.1. The van der Waals surface area contributed by atoms with E-state index < -0.39 is 11.6 Å². The molecular weight excluding hydrogens is 436 g/mol. The fraction of sp³-hybridized carbons (Fsp3) is 0.350. The minimum Gasteiger partial charge on any atom is -0.487 e. The molecular formula is C20H20BrF2NO2S. The summed E-state index contributed by atoms with van der Waals surface area (Å²) in [7, 11) is 0. The Balaban J connectivity index is 1.50. The Bertz CT molecular complexity index is 795. The molecule has 1 aliphatic rings. The molecule has 1 aliphatic heterocycles. The predicted octanol–water partition coefficient (Wildman–Crippen LogP) is 5.28. The first kappa shape index (κ1) is 20.1. The van der Waals surface area contributed by atoms with Crippen LogP contribution in [0, 0.1) is 11.6 Å². The predicted molar refractivity (Wildman–Crippen MR) is 106 cm³/mol. The van der Waals surface area contributed by atoms with Crippen molar-refractivity contribution < 1.29 is 18.3 Å². The number of hydrogen-bond donors (Lipinski definition) is 0. The van der Waals surface area contributed by atoms with Gasteiger partial charge in [0.1, 0.15) is 11.9 Å². The first-order valence-corrected chi connectivity index (χ1v) is 10.4. The van der Waals surface area contributed by atoms with E-state index in [9.17, 15) is 13.6 Å². The van der Waals surface area contributed by atoms with Crippen molar-refractivity contribution in [1.29, 1.82) is 0 Å². The van der Waals surface area contributed by atoms with Gasteiger partial charge in [-0.3, -0.25) is 4.79 Å². The quantitative estimate of drug-likeness (QED) is 0.574. The first-order chi connectivity index (χ1) is 12.9. The Morgan fingerprint density at radius 2 is 1.85 bits per heavy atom. The topological polar surface area (TPSA) is 29.5 Å². The van der Waals surface area contributed by atoms with Crippen LogP contribution in [0.5, 0.6) is 5.75 Å². The number of piperidine rings is 1. The maximum absolute atomic E-state index is 13.7. The summed E-state index contributed by atoms with van der Waals surface area (Å²) in [6.45, 7) is 3.04. The van der Waals surface area contributed by atoms with E-state index in [1.807, 2.05) is 36.1 Å². The second kappa shape index (κ2) is 9.06. The number of amides is 1. The zero-order chi connectivity index (χ0) is 19.4. The molecule has 0 radical (unpaired) electrons. The van der Waals surface area contributed by atoms with Crippen LogP contribution in [0.4, 0.5) is 8.78 Å². The molecule has 0 saturated carbocycles. The highest BCUT2D eigenvalue weighted by molar-refractivity contribution is 9.10. The zero-order valence-electron chi connectivity index (χ0n) is 14.8. The molecule has 0 spiro atoms. The zero-order valence-corrected chi connectivity index (χ0v) is 17.2. The largest absolute Gasteiger partial charge is 0.487 e. The summed E-state index contributed by atoms with van der Waals surface area (Å²) in [5.41, 5.74) is 0. The highest BCUT2D eigenvalue weighted by Gasteiger charge is 2.27. The van der Waals surface area contributed by atoms with Gasteiger partial charge in [0.2, 0.25) is 5.91 Å². The maximum Gasteiger partial charge on any atom is 0.235 e.